The van der Waals surface area contributed by atoms with Crippen LogP contribution in [0.2, 0.25) is 0 Å². The van der Waals surface area contributed by atoms with E-state index in [0.717, 1.165) is 24.9 Å². The number of nitrogens with one attached hydrogen (secondary N) is 1. The molecule has 1 aromatic carbocycles. The van der Waals surface area contributed by atoms with E-state index in [1.165, 1.54) is 13.2 Å². The number of benzene rings is 1. The van der Waals surface area contributed by atoms with Crippen LogP contribution in [0.15, 0.2) is 12.1 Å². The summed E-state index contributed by atoms with van der Waals surface area (Å²) in [6.07, 6.45) is 2.20. The second-order valence-electron chi connectivity index (χ2n) is 5.12. The number of nitrogens with zero attached hydrogens (tertiary/aromatic N) is 1. The molecule has 5 heteroatoms. The molecule has 0 radical (unpaired) electrons. The highest BCUT2D eigenvalue weighted by Crippen LogP contribution is 2.25. The summed E-state index contributed by atoms with van der Waals surface area (Å²) in [6.45, 7) is 5.24. The summed E-state index contributed by atoms with van der Waals surface area (Å²) in [5.41, 5.74) is 1.61. The summed E-state index contributed by atoms with van der Waals surface area (Å²) in [7, 11) is 1.47. The molecule has 0 spiro atoms. The minimum atomic E-state index is -0.374. The molecule has 0 aliphatic carbocycles. The van der Waals surface area contributed by atoms with Crippen molar-refractivity contribution in [2.75, 3.05) is 7.11 Å². The van der Waals surface area contributed by atoms with Gasteiger partial charge in [0.05, 0.1) is 18.1 Å². The van der Waals surface area contributed by atoms with Crippen molar-refractivity contribution < 1.29 is 9.13 Å². The molecule has 2 aromatic rings. The Morgan fingerprint density at radius 3 is 2.79 bits per heavy atom. The molecule has 0 atom stereocenters. The van der Waals surface area contributed by atoms with Gasteiger partial charge in [-0.1, -0.05) is 13.8 Å². The molecule has 19 heavy (non-hydrogen) atoms. The summed E-state index contributed by atoms with van der Waals surface area (Å²) in [5, 5.41) is 0. The molecule has 0 fully saturated rings. The van der Waals surface area contributed by atoms with Gasteiger partial charge in [-0.25, -0.2) is 4.39 Å². The van der Waals surface area contributed by atoms with Crippen LogP contribution in [0.5, 0.6) is 5.75 Å². The van der Waals surface area contributed by atoms with Gasteiger partial charge in [-0.05, 0) is 31.0 Å². The molecule has 3 nitrogen and oxygen atoms in total. The van der Waals surface area contributed by atoms with Gasteiger partial charge in [-0.3, -0.25) is 0 Å². The monoisotopic (exact) mass is 282 g/mol. The molecule has 0 aliphatic rings. The minimum Gasteiger partial charge on any atom is -0.494 e. The van der Waals surface area contributed by atoms with Gasteiger partial charge in [0.1, 0.15) is 0 Å². The molecule has 0 bridgehead atoms. The molecule has 0 unspecified atom stereocenters. The number of ether oxygens (including phenoxy) is 1. The number of aryl methyl sites for hydroxylation is 1. The second kappa shape index (κ2) is 5.74. The normalized spacial score (nSPS) is 11.4. The molecule has 0 saturated heterocycles. The van der Waals surface area contributed by atoms with Crippen LogP contribution < -0.4 is 4.74 Å². The summed E-state index contributed by atoms with van der Waals surface area (Å²) in [6, 6.07) is 3.13. The van der Waals surface area contributed by atoms with Crippen LogP contribution in [0.4, 0.5) is 4.39 Å². The van der Waals surface area contributed by atoms with Gasteiger partial charge in [0.15, 0.2) is 16.3 Å². The maximum absolute atomic E-state index is 13.6. The number of methoxy groups -OCH3 is 1. The lowest BCUT2D eigenvalue weighted by Gasteiger charge is -2.08. The van der Waals surface area contributed by atoms with Crippen molar-refractivity contribution in [1.82, 2.24) is 9.55 Å². The lowest BCUT2D eigenvalue weighted by atomic mass is 10.1. The van der Waals surface area contributed by atoms with E-state index in [1.807, 2.05) is 4.57 Å². The Labute approximate surface area is 117 Å². The number of aromatic amines is 1. The van der Waals surface area contributed by atoms with Gasteiger partial charge >= 0.3 is 0 Å². The van der Waals surface area contributed by atoms with Crippen molar-refractivity contribution in [2.24, 2.45) is 5.92 Å². The lowest BCUT2D eigenvalue weighted by Crippen LogP contribution is -2.00. The molecular formula is C14H19FN2OS. The highest BCUT2D eigenvalue weighted by atomic mass is 32.1. The van der Waals surface area contributed by atoms with Crippen molar-refractivity contribution in [3.8, 4) is 5.75 Å². The van der Waals surface area contributed by atoms with Gasteiger partial charge in [0.25, 0.3) is 0 Å². The number of hydrogen-bond donors (Lipinski definition) is 1. The molecule has 1 aromatic heterocycles. The Balaban J connectivity index is 2.37. The van der Waals surface area contributed by atoms with E-state index < -0.39 is 0 Å². The van der Waals surface area contributed by atoms with Gasteiger partial charge < -0.3 is 14.3 Å². The second-order valence-corrected chi connectivity index (χ2v) is 5.51. The van der Waals surface area contributed by atoms with Gasteiger partial charge in [0, 0.05) is 18.7 Å². The van der Waals surface area contributed by atoms with E-state index in [1.54, 1.807) is 6.07 Å². The van der Waals surface area contributed by atoms with Gasteiger partial charge in [-0.2, -0.15) is 0 Å². The Hall–Kier alpha value is -1.36. The Kier molecular flexibility index (Phi) is 4.24. The number of fused-ring (bicyclic) bond motifs is 1. The zero-order valence-electron chi connectivity index (χ0n) is 11.5. The maximum Gasteiger partial charge on any atom is 0.178 e. The molecule has 104 valence electrons. The summed E-state index contributed by atoms with van der Waals surface area (Å²) in [5.74, 6) is 0.547. The van der Waals surface area contributed by atoms with Crippen molar-refractivity contribution in [2.45, 2.75) is 33.2 Å². The maximum atomic E-state index is 13.6. The van der Waals surface area contributed by atoms with Gasteiger partial charge in [0.2, 0.25) is 0 Å². The van der Waals surface area contributed by atoms with Crippen LogP contribution in [0.25, 0.3) is 11.0 Å². The minimum absolute atomic E-state index is 0.249. The number of imidazole rings is 1. The number of rotatable bonds is 5. The molecule has 0 aliphatic heterocycles. The molecule has 1 N–H and O–H groups in total. The van der Waals surface area contributed by atoms with E-state index in [-0.39, 0.29) is 11.6 Å². The number of hydrogen-bond acceptors (Lipinski definition) is 2. The molecule has 2 rings (SSSR count). The molecule has 0 saturated carbocycles. The first kappa shape index (κ1) is 14.1. The average molecular weight is 282 g/mol. The summed E-state index contributed by atoms with van der Waals surface area (Å²) < 4.78 is 21.3. The number of H-pyrrole nitrogens is 1. The molecule has 1 heterocycles. The predicted molar refractivity (Wildman–Crippen MR) is 77.7 cm³/mol. The fourth-order valence-electron chi connectivity index (χ4n) is 2.19. The standard InChI is InChI=1S/C14H19FN2OS/c1-9(2)5-4-6-17-12-8-13(18-3)10(15)7-11(12)16-14(17)19/h7-9H,4-6H2,1-3H3,(H,16,19). The van der Waals surface area contributed by atoms with E-state index >= 15 is 0 Å². The summed E-state index contributed by atoms with van der Waals surface area (Å²) in [4.78, 5) is 3.04. The zero-order valence-corrected chi connectivity index (χ0v) is 12.3. The first-order valence-corrected chi connectivity index (χ1v) is 6.89. The van der Waals surface area contributed by atoms with Crippen LogP contribution in [0.1, 0.15) is 26.7 Å². The first-order valence-electron chi connectivity index (χ1n) is 6.49. The zero-order chi connectivity index (χ0) is 14.0. The SMILES string of the molecule is COc1cc2c(cc1F)[nH]c(=S)n2CCCC(C)C. The Morgan fingerprint density at radius 2 is 2.16 bits per heavy atom. The smallest absolute Gasteiger partial charge is 0.178 e. The summed E-state index contributed by atoms with van der Waals surface area (Å²) >= 11 is 5.30. The quantitative estimate of drug-likeness (QED) is 0.829. The van der Waals surface area contributed by atoms with Crippen LogP contribution in [-0.4, -0.2) is 16.7 Å². The van der Waals surface area contributed by atoms with Crippen LogP contribution in [0.3, 0.4) is 0 Å². The number of halogens is 1. The van der Waals surface area contributed by atoms with Crippen molar-refractivity contribution >= 4 is 23.3 Å². The average Bonchev–Trinajstić information content (AvgIpc) is 2.63. The van der Waals surface area contributed by atoms with Crippen molar-refractivity contribution in [3.63, 3.8) is 0 Å². The van der Waals surface area contributed by atoms with E-state index in [0.29, 0.717) is 16.2 Å². The van der Waals surface area contributed by atoms with Crippen LogP contribution >= 0.6 is 12.2 Å². The fourth-order valence-corrected chi connectivity index (χ4v) is 2.49. The molecule has 0 amide bonds. The number of aromatic nitrogens is 2. The third-order valence-corrected chi connectivity index (χ3v) is 3.53. The van der Waals surface area contributed by atoms with E-state index in [4.69, 9.17) is 17.0 Å². The predicted octanol–water partition coefficient (Wildman–Crippen LogP) is 4.28. The first-order chi connectivity index (χ1) is 9.02. The Morgan fingerprint density at radius 1 is 1.42 bits per heavy atom. The van der Waals surface area contributed by atoms with E-state index in [2.05, 4.69) is 18.8 Å². The highest BCUT2D eigenvalue weighted by molar-refractivity contribution is 7.71. The van der Waals surface area contributed by atoms with E-state index in [9.17, 15) is 4.39 Å². The lowest BCUT2D eigenvalue weighted by molar-refractivity contribution is 0.387. The highest BCUT2D eigenvalue weighted by Gasteiger charge is 2.10. The topological polar surface area (TPSA) is 29.9 Å². The third-order valence-electron chi connectivity index (χ3n) is 3.21. The molecular weight excluding hydrogens is 263 g/mol. The van der Waals surface area contributed by atoms with Crippen molar-refractivity contribution in [1.29, 1.82) is 0 Å². The largest absolute Gasteiger partial charge is 0.494 e. The Bertz CT molecular complexity index is 630. The van der Waals surface area contributed by atoms with Crippen LogP contribution in [-0.2, 0) is 6.54 Å². The van der Waals surface area contributed by atoms with Crippen molar-refractivity contribution in [3.05, 3.63) is 22.7 Å². The van der Waals surface area contributed by atoms with Gasteiger partial charge in [-0.15, -0.1) is 0 Å². The fraction of sp³-hybridized carbons (Fsp3) is 0.500. The van der Waals surface area contributed by atoms with Crippen LogP contribution in [0, 0.1) is 16.5 Å². The third kappa shape index (κ3) is 2.97.